The van der Waals surface area contributed by atoms with Crippen LogP contribution in [0.1, 0.15) is 5.69 Å². The number of hydrogen-bond donors (Lipinski definition) is 0. The van der Waals surface area contributed by atoms with E-state index >= 15 is 0 Å². The smallest absolute Gasteiger partial charge is 0.768 e. The van der Waals surface area contributed by atoms with Gasteiger partial charge in [-0.1, -0.05) is 6.07 Å². The molecule has 0 aromatic carbocycles. The average molecular weight is 245 g/mol. The van der Waals surface area contributed by atoms with Crippen LogP contribution in [0.5, 0.6) is 0 Å². The Balaban J connectivity index is 0.00000128. The van der Waals surface area contributed by atoms with Crippen LogP contribution in [0, 0.1) is 6.92 Å². The molecule has 1 unspecified atom stereocenters. The molecular weight excluding hydrogens is 237 g/mol. The molecule has 0 aliphatic carbocycles. The molecule has 0 fully saturated rings. The standard InChI is InChI=1S/C9H9N3O2S.Na/c1-7-8(15(13)14)6-11-12(7)9-4-2-3-5-10-9;/h2-6H,1H3,(H,13,14);/q;+1/p-1. The van der Waals surface area contributed by atoms with Gasteiger partial charge in [-0.25, -0.2) is 9.67 Å². The normalized spacial score (nSPS) is 11.9. The second kappa shape index (κ2) is 5.70. The van der Waals surface area contributed by atoms with E-state index in [-0.39, 0.29) is 34.5 Å². The third kappa shape index (κ3) is 2.58. The number of nitrogens with zero attached hydrogens (tertiary/aromatic N) is 3. The third-order valence-electron chi connectivity index (χ3n) is 2.01. The zero-order chi connectivity index (χ0) is 10.8. The summed E-state index contributed by atoms with van der Waals surface area (Å²) in [4.78, 5) is 4.28. The van der Waals surface area contributed by atoms with Crippen molar-refractivity contribution in [3.63, 3.8) is 0 Å². The monoisotopic (exact) mass is 245 g/mol. The fourth-order valence-corrected chi connectivity index (χ4v) is 1.73. The van der Waals surface area contributed by atoms with Crippen molar-refractivity contribution in [2.45, 2.75) is 11.8 Å². The van der Waals surface area contributed by atoms with Crippen molar-refractivity contribution >= 4 is 11.1 Å². The van der Waals surface area contributed by atoms with Gasteiger partial charge in [0, 0.05) is 6.20 Å². The molecule has 5 nitrogen and oxygen atoms in total. The first-order valence-electron chi connectivity index (χ1n) is 4.25. The molecule has 0 aliphatic heterocycles. The molecule has 7 heteroatoms. The Morgan fingerprint density at radius 2 is 2.19 bits per heavy atom. The summed E-state index contributed by atoms with van der Waals surface area (Å²) in [6.45, 7) is 1.69. The molecule has 0 saturated heterocycles. The minimum Gasteiger partial charge on any atom is -0.768 e. The molecule has 0 saturated carbocycles. The summed E-state index contributed by atoms with van der Waals surface area (Å²) in [6, 6.07) is 5.36. The maximum atomic E-state index is 10.8. The van der Waals surface area contributed by atoms with Gasteiger partial charge in [-0.05, 0) is 30.1 Å². The van der Waals surface area contributed by atoms with Crippen molar-refractivity contribution in [2.24, 2.45) is 0 Å². The van der Waals surface area contributed by atoms with Crippen LogP contribution >= 0.6 is 0 Å². The number of pyridine rings is 1. The summed E-state index contributed by atoms with van der Waals surface area (Å²) in [5.74, 6) is 0.603. The Kier molecular flexibility index (Phi) is 4.82. The quantitative estimate of drug-likeness (QED) is 0.445. The van der Waals surface area contributed by atoms with Crippen LogP contribution in [-0.2, 0) is 11.1 Å². The molecule has 16 heavy (non-hydrogen) atoms. The van der Waals surface area contributed by atoms with Gasteiger partial charge in [-0.2, -0.15) is 5.10 Å². The average Bonchev–Trinajstić information content (AvgIpc) is 2.61. The van der Waals surface area contributed by atoms with Gasteiger partial charge in [-0.15, -0.1) is 0 Å². The summed E-state index contributed by atoms with van der Waals surface area (Å²) < 4.78 is 23.1. The Hall–Kier alpha value is -0.530. The molecule has 2 rings (SSSR count). The zero-order valence-electron chi connectivity index (χ0n) is 8.95. The summed E-state index contributed by atoms with van der Waals surface area (Å²) in [5, 5.41) is 3.97. The molecule has 2 aromatic rings. The summed E-state index contributed by atoms with van der Waals surface area (Å²) >= 11 is -2.25. The number of aromatic nitrogens is 3. The summed E-state index contributed by atoms with van der Waals surface area (Å²) in [6.07, 6.45) is 2.94. The van der Waals surface area contributed by atoms with Gasteiger partial charge in [0.25, 0.3) is 0 Å². The fourth-order valence-electron chi connectivity index (χ4n) is 1.27. The first kappa shape index (κ1) is 13.5. The molecule has 0 aliphatic rings. The van der Waals surface area contributed by atoms with Crippen LogP contribution < -0.4 is 29.6 Å². The molecule has 0 radical (unpaired) electrons. The fraction of sp³-hybridized carbons (Fsp3) is 0.111. The molecular formula is C9H8N3NaO2S. The van der Waals surface area contributed by atoms with Crippen LogP contribution in [0.2, 0.25) is 0 Å². The molecule has 78 valence electrons. The van der Waals surface area contributed by atoms with Crippen LogP contribution in [-0.4, -0.2) is 23.5 Å². The zero-order valence-corrected chi connectivity index (χ0v) is 11.8. The Morgan fingerprint density at radius 1 is 1.44 bits per heavy atom. The van der Waals surface area contributed by atoms with Gasteiger partial charge in [-0.3, -0.25) is 4.21 Å². The van der Waals surface area contributed by atoms with Crippen molar-refractivity contribution in [3.8, 4) is 5.82 Å². The van der Waals surface area contributed by atoms with Crippen molar-refractivity contribution in [1.29, 1.82) is 0 Å². The van der Waals surface area contributed by atoms with Gasteiger partial charge < -0.3 is 4.55 Å². The summed E-state index contributed by atoms with van der Waals surface area (Å²) in [5.41, 5.74) is 0.557. The SMILES string of the molecule is Cc1c(S(=O)[O-])cnn1-c1ccccn1.[Na+]. The van der Waals surface area contributed by atoms with Crippen molar-refractivity contribution in [2.75, 3.05) is 0 Å². The van der Waals surface area contributed by atoms with Crippen molar-refractivity contribution < 1.29 is 38.3 Å². The summed E-state index contributed by atoms with van der Waals surface area (Å²) in [7, 11) is 0. The molecule has 2 aromatic heterocycles. The first-order valence-corrected chi connectivity index (χ1v) is 5.33. The van der Waals surface area contributed by atoms with E-state index < -0.39 is 11.1 Å². The molecule has 0 amide bonds. The Morgan fingerprint density at radius 3 is 2.69 bits per heavy atom. The third-order valence-corrected chi connectivity index (χ3v) is 2.77. The maximum Gasteiger partial charge on any atom is 1.00 e. The van der Waals surface area contributed by atoms with Crippen LogP contribution in [0.3, 0.4) is 0 Å². The van der Waals surface area contributed by atoms with Crippen molar-refractivity contribution in [3.05, 3.63) is 36.3 Å². The molecule has 0 bridgehead atoms. The van der Waals surface area contributed by atoms with Crippen LogP contribution in [0.25, 0.3) is 5.82 Å². The van der Waals surface area contributed by atoms with Gasteiger partial charge in [0.05, 0.1) is 16.8 Å². The predicted molar refractivity (Wildman–Crippen MR) is 53.3 cm³/mol. The van der Waals surface area contributed by atoms with Crippen LogP contribution in [0.15, 0.2) is 35.5 Å². The molecule has 0 spiro atoms. The van der Waals surface area contributed by atoms with E-state index in [1.807, 2.05) is 6.07 Å². The van der Waals surface area contributed by atoms with Gasteiger partial charge in [0.15, 0.2) is 5.82 Å². The van der Waals surface area contributed by atoms with E-state index in [1.165, 1.54) is 10.9 Å². The number of rotatable bonds is 2. The van der Waals surface area contributed by atoms with E-state index in [4.69, 9.17) is 0 Å². The minimum absolute atomic E-state index is 0. The second-order valence-electron chi connectivity index (χ2n) is 2.93. The molecule has 1 atom stereocenters. The number of hydrogen-bond acceptors (Lipinski definition) is 4. The minimum atomic E-state index is -2.25. The predicted octanol–water partition coefficient (Wildman–Crippen LogP) is -2.18. The van der Waals surface area contributed by atoms with E-state index in [2.05, 4.69) is 10.1 Å². The van der Waals surface area contributed by atoms with E-state index in [9.17, 15) is 8.76 Å². The Labute approximate surface area is 117 Å². The van der Waals surface area contributed by atoms with Crippen molar-refractivity contribution in [1.82, 2.24) is 14.8 Å². The maximum absolute atomic E-state index is 10.8. The first-order chi connectivity index (χ1) is 7.20. The van der Waals surface area contributed by atoms with Gasteiger partial charge in [0.2, 0.25) is 0 Å². The van der Waals surface area contributed by atoms with E-state index in [0.717, 1.165) is 0 Å². The van der Waals surface area contributed by atoms with Gasteiger partial charge in [0.1, 0.15) is 0 Å². The molecule has 0 N–H and O–H groups in total. The van der Waals surface area contributed by atoms with E-state index in [1.54, 1.807) is 25.3 Å². The van der Waals surface area contributed by atoms with Gasteiger partial charge >= 0.3 is 29.6 Å². The Bertz CT molecular complexity index is 501. The second-order valence-corrected chi connectivity index (χ2v) is 3.84. The molecule has 2 heterocycles. The van der Waals surface area contributed by atoms with Crippen LogP contribution in [0.4, 0.5) is 0 Å². The van der Waals surface area contributed by atoms with E-state index in [0.29, 0.717) is 11.5 Å². The largest absolute Gasteiger partial charge is 1.00 e. The topological polar surface area (TPSA) is 70.8 Å².